The summed E-state index contributed by atoms with van der Waals surface area (Å²) >= 11 is 0. The molecule has 2 aliphatic rings. The highest BCUT2D eigenvalue weighted by atomic mass is 16.5. The van der Waals surface area contributed by atoms with Gasteiger partial charge in [0.1, 0.15) is 11.7 Å². The Morgan fingerprint density at radius 1 is 1.30 bits per heavy atom. The fourth-order valence-electron chi connectivity index (χ4n) is 3.16. The van der Waals surface area contributed by atoms with Crippen molar-refractivity contribution in [1.29, 1.82) is 0 Å². The molecule has 20 heavy (non-hydrogen) atoms. The van der Waals surface area contributed by atoms with Gasteiger partial charge in [-0.3, -0.25) is 4.79 Å². The van der Waals surface area contributed by atoms with E-state index in [9.17, 15) is 9.90 Å². The van der Waals surface area contributed by atoms with Crippen molar-refractivity contribution in [2.24, 2.45) is 0 Å². The van der Waals surface area contributed by atoms with Gasteiger partial charge in [-0.25, -0.2) is 0 Å². The lowest BCUT2D eigenvalue weighted by Gasteiger charge is -2.46. The Labute approximate surface area is 121 Å². The number of aliphatic hydroxyl groups is 1. The zero-order chi connectivity index (χ0) is 14.6. The maximum Gasteiger partial charge on any atom is 0.251 e. The highest BCUT2D eigenvalue weighted by Crippen LogP contribution is 2.25. The van der Waals surface area contributed by atoms with Gasteiger partial charge in [0.05, 0.1) is 25.8 Å². The van der Waals surface area contributed by atoms with Crippen molar-refractivity contribution < 1.29 is 19.4 Å². The molecule has 2 rings (SSSR count). The third-order valence-corrected chi connectivity index (χ3v) is 4.24. The number of rotatable bonds is 5. The molecule has 1 atom stereocenters. The van der Waals surface area contributed by atoms with Gasteiger partial charge in [0.15, 0.2) is 0 Å². The maximum absolute atomic E-state index is 12.2. The Morgan fingerprint density at radius 3 is 2.45 bits per heavy atom. The van der Waals surface area contributed by atoms with Crippen LogP contribution < -0.4 is 0 Å². The smallest absolute Gasteiger partial charge is 0.251 e. The molecule has 0 aromatic heterocycles. The Balaban J connectivity index is 1.75. The lowest BCUT2D eigenvalue weighted by Crippen LogP contribution is -2.67. The Hall–Kier alpha value is -0.650. The normalized spacial score (nSPS) is 24.9. The molecule has 1 aliphatic carbocycles. The number of likely N-dealkylation sites (tertiary alicyclic amines) is 1. The Morgan fingerprint density at radius 2 is 1.90 bits per heavy atom. The fourth-order valence-corrected chi connectivity index (χ4v) is 3.16. The summed E-state index contributed by atoms with van der Waals surface area (Å²) in [5.74, 6) is -0.0185. The first kappa shape index (κ1) is 15.7. The summed E-state index contributed by atoms with van der Waals surface area (Å²) in [6.45, 7) is 2.78. The van der Waals surface area contributed by atoms with Crippen LogP contribution in [0.15, 0.2) is 0 Å². The van der Waals surface area contributed by atoms with E-state index < -0.39 is 11.7 Å². The zero-order valence-electron chi connectivity index (χ0n) is 12.6. The van der Waals surface area contributed by atoms with E-state index in [2.05, 4.69) is 0 Å². The number of amides is 1. The quantitative estimate of drug-likeness (QED) is 0.774. The molecule has 0 radical (unpaired) electrons. The summed E-state index contributed by atoms with van der Waals surface area (Å²) in [5, 5.41) is 10.0. The highest BCUT2D eigenvalue weighted by molar-refractivity contribution is 5.81. The van der Waals surface area contributed by atoms with Gasteiger partial charge in [-0.05, 0) is 19.8 Å². The largest absolute Gasteiger partial charge is 0.384 e. The monoisotopic (exact) mass is 285 g/mol. The maximum atomic E-state index is 12.2. The summed E-state index contributed by atoms with van der Waals surface area (Å²) in [7, 11) is 1.56. The van der Waals surface area contributed by atoms with E-state index >= 15 is 0 Å². The number of hydrogen-bond donors (Lipinski definition) is 1. The van der Waals surface area contributed by atoms with Crippen LogP contribution in [0.2, 0.25) is 0 Å². The SMILES string of the molecule is COCC1(O)CN(C(=O)[C@H](C)OC2CCCCCC2)C1. The molecular formula is C15H27NO4. The van der Waals surface area contributed by atoms with Crippen molar-refractivity contribution in [1.82, 2.24) is 4.90 Å². The standard InChI is InChI=1S/C15H27NO4/c1-12(20-13-7-5-3-4-6-8-13)14(17)16-9-15(18,10-16)11-19-2/h12-13,18H,3-11H2,1-2H3/t12-/m0/s1. The van der Waals surface area contributed by atoms with E-state index in [4.69, 9.17) is 9.47 Å². The Kier molecular flexibility index (Phi) is 5.41. The van der Waals surface area contributed by atoms with Gasteiger partial charge >= 0.3 is 0 Å². The van der Waals surface area contributed by atoms with Crippen molar-refractivity contribution in [3.8, 4) is 0 Å². The highest BCUT2D eigenvalue weighted by Gasteiger charge is 2.45. The lowest BCUT2D eigenvalue weighted by atomic mass is 9.94. The molecule has 0 aromatic rings. The third kappa shape index (κ3) is 3.93. The third-order valence-electron chi connectivity index (χ3n) is 4.24. The van der Waals surface area contributed by atoms with Gasteiger partial charge in [-0.1, -0.05) is 25.7 Å². The van der Waals surface area contributed by atoms with Crippen molar-refractivity contribution in [3.63, 3.8) is 0 Å². The molecular weight excluding hydrogens is 258 g/mol. The van der Waals surface area contributed by atoms with Crippen molar-refractivity contribution in [3.05, 3.63) is 0 Å². The molecule has 1 aliphatic heterocycles. The van der Waals surface area contributed by atoms with Gasteiger partial charge in [0, 0.05) is 7.11 Å². The molecule has 5 heteroatoms. The first-order chi connectivity index (χ1) is 9.54. The van der Waals surface area contributed by atoms with Gasteiger partial charge < -0.3 is 19.5 Å². The van der Waals surface area contributed by atoms with Crippen molar-refractivity contribution >= 4 is 5.91 Å². The first-order valence-electron chi connectivity index (χ1n) is 7.70. The van der Waals surface area contributed by atoms with Crippen LogP contribution in [-0.4, -0.2) is 60.5 Å². The summed E-state index contributed by atoms with van der Waals surface area (Å²) in [4.78, 5) is 13.9. The van der Waals surface area contributed by atoms with Crippen LogP contribution >= 0.6 is 0 Å². The second kappa shape index (κ2) is 6.87. The number of ether oxygens (including phenoxy) is 2. The van der Waals surface area contributed by atoms with Crippen LogP contribution in [-0.2, 0) is 14.3 Å². The molecule has 116 valence electrons. The number of carbonyl (C=O) groups excluding carboxylic acids is 1. The van der Waals surface area contributed by atoms with E-state index in [1.807, 2.05) is 6.92 Å². The molecule has 0 aromatic carbocycles. The van der Waals surface area contributed by atoms with E-state index in [1.165, 1.54) is 25.7 Å². The van der Waals surface area contributed by atoms with Gasteiger partial charge in [0.2, 0.25) is 0 Å². The van der Waals surface area contributed by atoms with Crippen LogP contribution in [0.1, 0.15) is 45.4 Å². The second-order valence-electron chi connectivity index (χ2n) is 6.24. The van der Waals surface area contributed by atoms with E-state index in [-0.39, 0.29) is 18.6 Å². The summed E-state index contributed by atoms with van der Waals surface area (Å²) in [5.41, 5.74) is -0.869. The Bertz CT molecular complexity index is 320. The minimum Gasteiger partial charge on any atom is -0.384 e. The predicted molar refractivity (Wildman–Crippen MR) is 75.4 cm³/mol. The van der Waals surface area contributed by atoms with Crippen LogP contribution in [0.3, 0.4) is 0 Å². The van der Waals surface area contributed by atoms with Gasteiger partial charge in [-0.15, -0.1) is 0 Å². The van der Waals surface area contributed by atoms with Crippen molar-refractivity contribution in [2.45, 2.75) is 63.3 Å². The van der Waals surface area contributed by atoms with Crippen LogP contribution in [0.5, 0.6) is 0 Å². The van der Waals surface area contributed by atoms with Gasteiger partial charge in [-0.2, -0.15) is 0 Å². The summed E-state index contributed by atoms with van der Waals surface area (Å²) < 4.78 is 10.9. The molecule has 0 bridgehead atoms. The topological polar surface area (TPSA) is 59.0 Å². The fraction of sp³-hybridized carbons (Fsp3) is 0.933. The molecule has 1 heterocycles. The molecule has 2 fully saturated rings. The van der Waals surface area contributed by atoms with Gasteiger partial charge in [0.25, 0.3) is 5.91 Å². The van der Waals surface area contributed by atoms with E-state index in [0.29, 0.717) is 13.1 Å². The molecule has 5 nitrogen and oxygen atoms in total. The molecule has 1 saturated heterocycles. The van der Waals surface area contributed by atoms with Crippen LogP contribution in [0, 0.1) is 0 Å². The minimum atomic E-state index is -0.869. The predicted octanol–water partition coefficient (Wildman–Crippen LogP) is 1.33. The van der Waals surface area contributed by atoms with E-state index in [1.54, 1.807) is 12.0 Å². The molecule has 0 spiro atoms. The molecule has 1 amide bonds. The first-order valence-corrected chi connectivity index (χ1v) is 7.70. The average Bonchev–Trinajstić information content (AvgIpc) is 2.63. The molecule has 1 N–H and O–H groups in total. The van der Waals surface area contributed by atoms with Crippen LogP contribution in [0.25, 0.3) is 0 Å². The average molecular weight is 285 g/mol. The summed E-state index contributed by atoms with van der Waals surface area (Å²) in [6.07, 6.45) is 6.87. The van der Waals surface area contributed by atoms with Crippen LogP contribution in [0.4, 0.5) is 0 Å². The number of β-amino-alcohol motifs (C(OH)–C–C–N with tert-alkyl or cyclic N) is 1. The number of hydrogen-bond acceptors (Lipinski definition) is 4. The number of methoxy groups -OCH3 is 1. The lowest BCUT2D eigenvalue weighted by molar-refractivity contribution is -0.176. The molecule has 0 unspecified atom stereocenters. The minimum absolute atomic E-state index is 0.0185. The van der Waals surface area contributed by atoms with E-state index in [0.717, 1.165) is 12.8 Å². The summed E-state index contributed by atoms with van der Waals surface area (Å²) in [6, 6.07) is 0. The van der Waals surface area contributed by atoms with Crippen molar-refractivity contribution in [2.75, 3.05) is 26.8 Å². The zero-order valence-corrected chi connectivity index (χ0v) is 12.6. The molecule has 1 saturated carbocycles. The number of nitrogens with zero attached hydrogens (tertiary/aromatic N) is 1. The second-order valence-corrected chi connectivity index (χ2v) is 6.24. The number of carbonyl (C=O) groups is 1.